The SMILES string of the molecule is COC(=O)[C@@]1(CCC(=O)CC(=O)OC(C)(C)C)C(=O)CC2(OCCO2)[C@@]23O[C@@H]2[C@H](OC)[C@H]2C[C@@H]1[C@@H]3C2OC(C)=O. The molecule has 0 amide bonds. The lowest BCUT2D eigenvalue weighted by atomic mass is 9.63. The molecule has 0 aromatic rings. The quantitative estimate of drug-likeness (QED) is 0.180. The van der Waals surface area contributed by atoms with Crippen LogP contribution in [0.1, 0.15) is 59.8 Å². The number of ketones is 2. The fraction of sp³-hybridized carbons (Fsp3) is 0.821. The smallest absolute Gasteiger partial charge is 0.319 e. The predicted molar refractivity (Wildman–Crippen MR) is 132 cm³/mol. The molecule has 0 N–H and O–H groups in total. The largest absolute Gasteiger partial charge is 0.468 e. The number of carbonyl (C=O) groups is 5. The summed E-state index contributed by atoms with van der Waals surface area (Å²) in [6.45, 7) is 6.81. The number of esters is 3. The molecular formula is C28H38O12. The van der Waals surface area contributed by atoms with Gasteiger partial charge in [0.05, 0.1) is 32.8 Å². The van der Waals surface area contributed by atoms with Crippen molar-refractivity contribution in [2.75, 3.05) is 27.4 Å². The number of epoxide rings is 1. The second-order valence-electron chi connectivity index (χ2n) is 12.5. The summed E-state index contributed by atoms with van der Waals surface area (Å²) in [4.78, 5) is 65.6. The molecule has 12 heteroatoms. The van der Waals surface area contributed by atoms with Crippen LogP contribution >= 0.6 is 0 Å². The summed E-state index contributed by atoms with van der Waals surface area (Å²) in [6.07, 6.45) is -2.72. The van der Waals surface area contributed by atoms with Gasteiger partial charge in [0.2, 0.25) is 5.79 Å². The molecule has 1 unspecified atom stereocenters. The monoisotopic (exact) mass is 566 g/mol. The van der Waals surface area contributed by atoms with Crippen LogP contribution in [0.4, 0.5) is 0 Å². The van der Waals surface area contributed by atoms with E-state index in [2.05, 4.69) is 0 Å². The van der Waals surface area contributed by atoms with Crippen LogP contribution in [-0.4, -0.2) is 92.2 Å². The number of hydrogen-bond acceptors (Lipinski definition) is 12. The molecule has 2 bridgehead atoms. The normalized spacial score (nSPS) is 38.8. The molecule has 0 aromatic heterocycles. The van der Waals surface area contributed by atoms with Gasteiger partial charge in [-0.3, -0.25) is 24.0 Å². The lowest BCUT2D eigenvalue weighted by Gasteiger charge is -2.43. The first-order chi connectivity index (χ1) is 18.8. The van der Waals surface area contributed by atoms with Gasteiger partial charge in [0, 0.05) is 32.3 Å². The van der Waals surface area contributed by atoms with Gasteiger partial charge in [-0.1, -0.05) is 0 Å². The van der Waals surface area contributed by atoms with E-state index < -0.39 is 88.4 Å². The first-order valence-electron chi connectivity index (χ1n) is 13.8. The van der Waals surface area contributed by atoms with Crippen molar-refractivity contribution in [2.45, 2.75) is 95.1 Å². The molecule has 3 saturated carbocycles. The first-order valence-corrected chi connectivity index (χ1v) is 13.8. The average molecular weight is 567 g/mol. The van der Waals surface area contributed by atoms with Crippen molar-refractivity contribution in [1.29, 1.82) is 0 Å². The van der Waals surface area contributed by atoms with Gasteiger partial charge < -0.3 is 33.2 Å². The lowest BCUT2D eigenvalue weighted by Crippen LogP contribution is -2.61. The number of Topliss-reactive ketones (excluding diaryl/α,β-unsaturated/α-hetero) is 2. The van der Waals surface area contributed by atoms with E-state index in [4.69, 9.17) is 33.2 Å². The summed E-state index contributed by atoms with van der Waals surface area (Å²) < 4.78 is 40.9. The van der Waals surface area contributed by atoms with Crippen molar-refractivity contribution in [2.24, 2.45) is 23.2 Å². The highest BCUT2D eigenvalue weighted by Gasteiger charge is 2.88. The molecule has 0 aromatic carbocycles. The van der Waals surface area contributed by atoms with E-state index in [0.29, 0.717) is 6.42 Å². The first kappa shape index (κ1) is 29.1. The third-order valence-corrected chi connectivity index (χ3v) is 9.20. The van der Waals surface area contributed by atoms with Crippen LogP contribution in [-0.2, 0) is 57.1 Å². The van der Waals surface area contributed by atoms with Crippen LogP contribution in [0.2, 0.25) is 0 Å². The minimum atomic E-state index is -1.79. The van der Waals surface area contributed by atoms with Crippen molar-refractivity contribution >= 4 is 29.5 Å². The van der Waals surface area contributed by atoms with Crippen molar-refractivity contribution in [3.05, 3.63) is 0 Å². The van der Waals surface area contributed by atoms with E-state index in [1.807, 2.05) is 0 Å². The van der Waals surface area contributed by atoms with E-state index in [1.54, 1.807) is 27.9 Å². The molecule has 0 radical (unpaired) electrons. The van der Waals surface area contributed by atoms with Crippen molar-refractivity contribution in [3.8, 4) is 0 Å². The summed E-state index contributed by atoms with van der Waals surface area (Å²) in [5.74, 6) is -6.26. The third-order valence-electron chi connectivity index (χ3n) is 9.20. The van der Waals surface area contributed by atoms with Crippen LogP contribution in [0.15, 0.2) is 0 Å². The Balaban J connectivity index is 1.56. The van der Waals surface area contributed by atoms with Crippen LogP contribution in [0.25, 0.3) is 0 Å². The van der Waals surface area contributed by atoms with Gasteiger partial charge in [0.25, 0.3) is 0 Å². The molecule has 2 saturated heterocycles. The Labute approximate surface area is 232 Å². The molecule has 3 aliphatic carbocycles. The average Bonchev–Trinajstić information content (AvgIpc) is 3.31. The molecule has 5 rings (SSSR count). The fourth-order valence-corrected chi connectivity index (χ4v) is 7.97. The Morgan fingerprint density at radius 1 is 1.05 bits per heavy atom. The lowest BCUT2D eigenvalue weighted by molar-refractivity contribution is -0.230. The molecular weight excluding hydrogens is 528 g/mol. The van der Waals surface area contributed by atoms with E-state index >= 15 is 0 Å². The molecule has 5 aliphatic rings. The molecule has 222 valence electrons. The Morgan fingerprint density at radius 3 is 2.30 bits per heavy atom. The van der Waals surface area contributed by atoms with E-state index in [-0.39, 0.29) is 38.4 Å². The van der Waals surface area contributed by atoms with Crippen LogP contribution in [0.3, 0.4) is 0 Å². The standard InChI is InChI=1S/C28H38O12/c1-14(29)38-21-16-12-17-20(21)28(23(40-28)22(16)34-5)27(36-9-10-37-27)13-18(31)26(17,24(33)35-6)8-7-15(30)11-19(32)39-25(2,3)4/h16-17,20-23H,7-13H2,1-6H3/t16-,17+,20+,21?,22+,23+,26+,28-/m0/s1. The Hall–Kier alpha value is -2.41. The molecule has 12 nitrogen and oxygen atoms in total. The van der Waals surface area contributed by atoms with Crippen LogP contribution < -0.4 is 0 Å². The third kappa shape index (κ3) is 4.21. The van der Waals surface area contributed by atoms with Crippen LogP contribution in [0.5, 0.6) is 0 Å². The Morgan fingerprint density at radius 2 is 1.73 bits per heavy atom. The van der Waals surface area contributed by atoms with Gasteiger partial charge in [-0.05, 0) is 39.5 Å². The summed E-state index contributed by atoms with van der Waals surface area (Å²) in [6, 6.07) is 0. The van der Waals surface area contributed by atoms with Gasteiger partial charge in [-0.2, -0.15) is 0 Å². The van der Waals surface area contributed by atoms with Gasteiger partial charge in [-0.15, -0.1) is 0 Å². The number of methoxy groups -OCH3 is 2. The zero-order valence-corrected chi connectivity index (χ0v) is 23.8. The second-order valence-corrected chi connectivity index (χ2v) is 12.5. The molecule has 5 fully saturated rings. The zero-order valence-electron chi connectivity index (χ0n) is 23.8. The fourth-order valence-electron chi connectivity index (χ4n) is 7.97. The molecule has 40 heavy (non-hydrogen) atoms. The van der Waals surface area contributed by atoms with Gasteiger partial charge in [-0.25, -0.2) is 0 Å². The number of fused-ring (bicyclic) bond motifs is 1. The molecule has 2 aliphatic heterocycles. The van der Waals surface area contributed by atoms with Crippen molar-refractivity contribution in [3.63, 3.8) is 0 Å². The highest BCUT2D eigenvalue weighted by atomic mass is 16.8. The topological polar surface area (TPSA) is 153 Å². The summed E-state index contributed by atoms with van der Waals surface area (Å²) in [5, 5.41) is 0. The summed E-state index contributed by atoms with van der Waals surface area (Å²) in [5.41, 5.74) is -3.76. The maximum absolute atomic E-state index is 14.3. The highest BCUT2D eigenvalue weighted by Crippen LogP contribution is 2.73. The zero-order chi connectivity index (χ0) is 29.3. The minimum absolute atomic E-state index is 0.199. The van der Waals surface area contributed by atoms with Gasteiger partial charge in [0.1, 0.15) is 35.4 Å². The second kappa shape index (κ2) is 9.85. The van der Waals surface area contributed by atoms with E-state index in [1.165, 1.54) is 14.0 Å². The van der Waals surface area contributed by atoms with E-state index in [9.17, 15) is 24.0 Å². The summed E-state index contributed by atoms with van der Waals surface area (Å²) >= 11 is 0. The van der Waals surface area contributed by atoms with Crippen LogP contribution in [0, 0.1) is 23.2 Å². The van der Waals surface area contributed by atoms with Crippen molar-refractivity contribution in [1.82, 2.24) is 0 Å². The molecule has 8 atom stereocenters. The van der Waals surface area contributed by atoms with Gasteiger partial charge >= 0.3 is 17.9 Å². The van der Waals surface area contributed by atoms with Crippen molar-refractivity contribution < 1.29 is 57.1 Å². The van der Waals surface area contributed by atoms with E-state index in [0.717, 1.165) is 0 Å². The Bertz CT molecular complexity index is 1100. The maximum atomic E-state index is 14.3. The predicted octanol–water partition coefficient (Wildman–Crippen LogP) is 1.29. The highest BCUT2D eigenvalue weighted by molar-refractivity contribution is 6.06. The number of rotatable bonds is 8. The Kier molecular flexibility index (Phi) is 7.17. The number of ether oxygens (including phenoxy) is 7. The maximum Gasteiger partial charge on any atom is 0.319 e. The number of carbonyl (C=O) groups excluding carboxylic acids is 5. The minimum Gasteiger partial charge on any atom is -0.468 e. The molecule has 2 spiro atoms. The summed E-state index contributed by atoms with van der Waals surface area (Å²) in [7, 11) is 2.73. The molecule has 2 heterocycles. The number of hydrogen-bond donors (Lipinski definition) is 0. The van der Waals surface area contributed by atoms with Gasteiger partial charge in [0.15, 0.2) is 11.4 Å².